The van der Waals surface area contributed by atoms with E-state index < -0.39 is 0 Å². The van der Waals surface area contributed by atoms with Crippen LogP contribution in [-0.4, -0.2) is 24.5 Å². The maximum atomic E-state index is 5.80. The second-order valence-corrected chi connectivity index (χ2v) is 4.72. The van der Waals surface area contributed by atoms with Crippen LogP contribution in [0.25, 0.3) is 0 Å². The molecule has 0 spiro atoms. The van der Waals surface area contributed by atoms with Crippen molar-refractivity contribution in [2.45, 2.75) is 19.3 Å². The van der Waals surface area contributed by atoms with Gasteiger partial charge in [0.1, 0.15) is 0 Å². The average molecular weight is 241 g/mol. The lowest BCUT2D eigenvalue weighted by molar-refractivity contribution is 0.414. The molecule has 1 heterocycles. The third kappa shape index (κ3) is 2.59. The summed E-state index contributed by atoms with van der Waals surface area (Å²) in [6.07, 6.45) is 5.38. The summed E-state index contributed by atoms with van der Waals surface area (Å²) in [5.74, 6) is 2.36. The molecule has 2 rings (SSSR count). The molecule has 1 aliphatic carbocycles. The largest absolute Gasteiger partial charge is 0.493 e. The van der Waals surface area contributed by atoms with E-state index in [0.29, 0.717) is 5.41 Å². The Morgan fingerprint density at radius 3 is 3.00 bits per heavy atom. The van der Waals surface area contributed by atoms with Crippen molar-refractivity contribution < 1.29 is 4.74 Å². The lowest BCUT2D eigenvalue weighted by atomic mass is 10.0. The number of halogens is 1. The van der Waals surface area contributed by atoms with Gasteiger partial charge in [0.15, 0.2) is 11.6 Å². The molecule has 88 valence electrons. The van der Waals surface area contributed by atoms with Gasteiger partial charge in [-0.1, -0.05) is 0 Å². The molecule has 1 aromatic heterocycles. The molecule has 1 aliphatic rings. The summed E-state index contributed by atoms with van der Waals surface area (Å²) in [6, 6.07) is 3.78. The third-order valence-electron chi connectivity index (χ3n) is 3.20. The van der Waals surface area contributed by atoms with Gasteiger partial charge in [0.05, 0.1) is 7.11 Å². The van der Waals surface area contributed by atoms with Crippen molar-refractivity contribution in [2.75, 3.05) is 24.9 Å². The Balaban J connectivity index is 1.94. The van der Waals surface area contributed by atoms with E-state index in [9.17, 15) is 0 Å². The van der Waals surface area contributed by atoms with Crippen molar-refractivity contribution in [2.24, 2.45) is 5.41 Å². The smallest absolute Gasteiger partial charge is 0.168 e. The van der Waals surface area contributed by atoms with Crippen LogP contribution < -0.4 is 10.1 Å². The zero-order chi connectivity index (χ0) is 11.4. The van der Waals surface area contributed by atoms with Gasteiger partial charge in [-0.05, 0) is 36.8 Å². The van der Waals surface area contributed by atoms with Gasteiger partial charge in [0, 0.05) is 18.6 Å². The van der Waals surface area contributed by atoms with Crippen molar-refractivity contribution in [1.82, 2.24) is 4.98 Å². The zero-order valence-electron chi connectivity index (χ0n) is 9.50. The minimum absolute atomic E-state index is 0.407. The summed E-state index contributed by atoms with van der Waals surface area (Å²) >= 11 is 5.80. The average Bonchev–Trinajstić information content (AvgIpc) is 3.08. The van der Waals surface area contributed by atoms with Crippen LogP contribution in [0.1, 0.15) is 19.3 Å². The molecule has 0 radical (unpaired) electrons. The van der Waals surface area contributed by atoms with E-state index in [4.69, 9.17) is 16.3 Å². The van der Waals surface area contributed by atoms with Crippen LogP contribution in [0.2, 0.25) is 0 Å². The number of rotatable bonds is 6. The standard InChI is InChI=1S/C12H17ClN2O/c1-16-10-3-2-8-14-11(10)15-9-12(4-5-12)6-7-13/h2-3,8H,4-7,9H2,1H3,(H,14,15). The minimum atomic E-state index is 0.407. The molecule has 0 atom stereocenters. The highest BCUT2D eigenvalue weighted by Gasteiger charge is 2.41. The van der Waals surface area contributed by atoms with Crippen molar-refractivity contribution in [3.05, 3.63) is 18.3 Å². The summed E-state index contributed by atoms with van der Waals surface area (Å²) in [5.41, 5.74) is 0.407. The first kappa shape index (κ1) is 11.5. The van der Waals surface area contributed by atoms with Gasteiger partial charge in [0.2, 0.25) is 0 Å². The Kier molecular flexibility index (Phi) is 3.54. The van der Waals surface area contributed by atoms with Crippen LogP contribution in [0.4, 0.5) is 5.82 Å². The number of anilines is 1. The van der Waals surface area contributed by atoms with Crippen molar-refractivity contribution in [1.29, 1.82) is 0 Å². The van der Waals surface area contributed by atoms with Gasteiger partial charge in [0.25, 0.3) is 0 Å². The number of methoxy groups -OCH3 is 1. The van der Waals surface area contributed by atoms with Crippen LogP contribution in [0.15, 0.2) is 18.3 Å². The van der Waals surface area contributed by atoms with Crippen molar-refractivity contribution in [3.63, 3.8) is 0 Å². The van der Waals surface area contributed by atoms with Crippen LogP contribution in [0.5, 0.6) is 5.75 Å². The Morgan fingerprint density at radius 1 is 1.56 bits per heavy atom. The topological polar surface area (TPSA) is 34.1 Å². The van der Waals surface area contributed by atoms with Gasteiger partial charge in [-0.3, -0.25) is 0 Å². The minimum Gasteiger partial charge on any atom is -0.493 e. The number of nitrogens with zero attached hydrogens (tertiary/aromatic N) is 1. The van der Waals surface area contributed by atoms with Gasteiger partial charge in [-0.2, -0.15) is 0 Å². The molecular weight excluding hydrogens is 224 g/mol. The van der Waals surface area contributed by atoms with E-state index >= 15 is 0 Å². The fourth-order valence-electron chi connectivity index (χ4n) is 1.85. The molecule has 1 N–H and O–H groups in total. The number of alkyl halides is 1. The van der Waals surface area contributed by atoms with Crippen LogP contribution in [0, 0.1) is 5.41 Å². The fourth-order valence-corrected chi connectivity index (χ4v) is 2.25. The molecule has 0 saturated heterocycles. The third-order valence-corrected chi connectivity index (χ3v) is 3.39. The summed E-state index contributed by atoms with van der Waals surface area (Å²) in [7, 11) is 1.66. The second-order valence-electron chi connectivity index (χ2n) is 4.35. The first-order valence-corrected chi connectivity index (χ1v) is 6.12. The fraction of sp³-hybridized carbons (Fsp3) is 0.583. The lowest BCUT2D eigenvalue weighted by Crippen LogP contribution is -2.17. The lowest BCUT2D eigenvalue weighted by Gasteiger charge is -2.16. The van der Waals surface area contributed by atoms with Crippen LogP contribution in [0.3, 0.4) is 0 Å². The number of ether oxygens (including phenoxy) is 1. The van der Waals surface area contributed by atoms with Crippen LogP contribution in [-0.2, 0) is 0 Å². The molecule has 1 saturated carbocycles. The number of pyridine rings is 1. The molecule has 16 heavy (non-hydrogen) atoms. The molecule has 0 bridgehead atoms. The SMILES string of the molecule is COc1cccnc1NCC1(CCCl)CC1. The monoisotopic (exact) mass is 240 g/mol. The van der Waals surface area contributed by atoms with E-state index in [2.05, 4.69) is 10.3 Å². The normalized spacial score (nSPS) is 16.9. The highest BCUT2D eigenvalue weighted by molar-refractivity contribution is 6.17. The van der Waals surface area contributed by atoms with E-state index in [-0.39, 0.29) is 0 Å². The van der Waals surface area contributed by atoms with E-state index in [0.717, 1.165) is 30.4 Å². The Hall–Kier alpha value is -0.960. The Morgan fingerprint density at radius 2 is 2.38 bits per heavy atom. The molecule has 0 amide bonds. The summed E-state index contributed by atoms with van der Waals surface area (Å²) in [6.45, 7) is 0.938. The summed E-state index contributed by atoms with van der Waals surface area (Å²) in [5, 5.41) is 3.36. The molecule has 0 aliphatic heterocycles. The molecule has 4 heteroatoms. The first-order valence-electron chi connectivity index (χ1n) is 5.58. The summed E-state index contributed by atoms with van der Waals surface area (Å²) in [4.78, 5) is 4.27. The number of hydrogen-bond donors (Lipinski definition) is 1. The Labute approximate surface area is 101 Å². The number of aromatic nitrogens is 1. The quantitative estimate of drug-likeness (QED) is 0.777. The number of nitrogens with one attached hydrogen (secondary N) is 1. The highest BCUT2D eigenvalue weighted by atomic mass is 35.5. The first-order chi connectivity index (χ1) is 7.79. The highest BCUT2D eigenvalue weighted by Crippen LogP contribution is 2.49. The molecule has 3 nitrogen and oxygen atoms in total. The van der Waals surface area contributed by atoms with E-state index in [1.54, 1.807) is 13.3 Å². The van der Waals surface area contributed by atoms with E-state index in [1.165, 1.54) is 12.8 Å². The van der Waals surface area contributed by atoms with Gasteiger partial charge >= 0.3 is 0 Å². The van der Waals surface area contributed by atoms with Gasteiger partial charge < -0.3 is 10.1 Å². The van der Waals surface area contributed by atoms with E-state index in [1.807, 2.05) is 12.1 Å². The molecule has 1 aromatic rings. The molecule has 0 unspecified atom stereocenters. The molecular formula is C12H17ClN2O. The van der Waals surface area contributed by atoms with Gasteiger partial charge in [-0.15, -0.1) is 11.6 Å². The maximum Gasteiger partial charge on any atom is 0.168 e. The molecule has 0 aromatic carbocycles. The zero-order valence-corrected chi connectivity index (χ0v) is 10.3. The molecule has 1 fully saturated rings. The van der Waals surface area contributed by atoms with Crippen molar-refractivity contribution >= 4 is 17.4 Å². The predicted octanol–water partition coefficient (Wildman–Crippen LogP) is 2.91. The maximum absolute atomic E-state index is 5.80. The summed E-state index contributed by atoms with van der Waals surface area (Å²) < 4.78 is 5.24. The van der Waals surface area contributed by atoms with Gasteiger partial charge in [-0.25, -0.2) is 4.98 Å². The Bertz CT molecular complexity index is 353. The number of hydrogen-bond acceptors (Lipinski definition) is 3. The second kappa shape index (κ2) is 4.91. The van der Waals surface area contributed by atoms with Crippen molar-refractivity contribution in [3.8, 4) is 5.75 Å². The van der Waals surface area contributed by atoms with Crippen LogP contribution >= 0.6 is 11.6 Å². The predicted molar refractivity (Wildman–Crippen MR) is 66.3 cm³/mol.